The molecule has 0 aliphatic carbocycles. The van der Waals surface area contributed by atoms with Gasteiger partial charge in [-0.1, -0.05) is 12.2 Å². The molecule has 0 atom stereocenters. The van der Waals surface area contributed by atoms with Gasteiger partial charge in [0.05, 0.1) is 0 Å². The Morgan fingerprint density at radius 1 is 1.70 bits per heavy atom. The molecule has 0 saturated heterocycles. The number of nitrogens with one attached hydrogen (secondary N) is 1. The molecule has 0 aromatic heterocycles. The Hall–Kier alpha value is -0.830. The van der Waals surface area contributed by atoms with E-state index in [1.54, 1.807) is 7.11 Å². The second-order valence-electron chi connectivity index (χ2n) is 1.85. The van der Waals surface area contributed by atoms with E-state index in [-0.39, 0.29) is 12.5 Å². The van der Waals surface area contributed by atoms with E-state index in [1.165, 1.54) is 0 Å². The summed E-state index contributed by atoms with van der Waals surface area (Å²) in [5.74, 6) is -0.0272. The fourth-order valence-corrected chi connectivity index (χ4v) is 0.490. The van der Waals surface area contributed by atoms with Gasteiger partial charge in [-0.05, 0) is 6.92 Å². The van der Waals surface area contributed by atoms with Gasteiger partial charge in [0.25, 0.3) is 5.91 Å². The first-order chi connectivity index (χ1) is 4.81. The second-order valence-corrected chi connectivity index (χ2v) is 1.85. The molecule has 58 valence electrons. The van der Waals surface area contributed by atoms with E-state index in [4.69, 9.17) is 0 Å². The molecule has 0 aromatic carbocycles. The monoisotopic (exact) mass is 144 g/mol. The van der Waals surface area contributed by atoms with Gasteiger partial charge in [0.2, 0.25) is 6.61 Å². The number of amides is 1. The second kappa shape index (κ2) is 6.29. The van der Waals surface area contributed by atoms with Crippen molar-refractivity contribution in [2.45, 2.75) is 6.92 Å². The normalized spacial score (nSPS) is 10.2. The van der Waals surface area contributed by atoms with Crippen molar-refractivity contribution in [3.8, 4) is 0 Å². The third kappa shape index (κ3) is 5.31. The number of rotatable bonds is 4. The van der Waals surface area contributed by atoms with Crippen molar-refractivity contribution in [1.82, 2.24) is 5.32 Å². The molecule has 0 saturated carbocycles. The van der Waals surface area contributed by atoms with E-state index in [2.05, 4.69) is 10.1 Å². The summed E-state index contributed by atoms with van der Waals surface area (Å²) in [5, 5.41) is 2.66. The van der Waals surface area contributed by atoms with Crippen molar-refractivity contribution in [1.29, 1.82) is 0 Å². The maximum absolute atomic E-state index is 10.7. The van der Waals surface area contributed by atoms with Crippen LogP contribution in [0.1, 0.15) is 6.92 Å². The van der Waals surface area contributed by atoms with Gasteiger partial charge in [0.15, 0.2) is 0 Å². The van der Waals surface area contributed by atoms with E-state index in [1.807, 2.05) is 19.1 Å². The molecule has 0 fully saturated rings. The zero-order chi connectivity index (χ0) is 7.82. The number of aliphatic hydroxyl groups is 2. The van der Waals surface area contributed by atoms with Crippen LogP contribution in [0.15, 0.2) is 12.2 Å². The lowest BCUT2D eigenvalue weighted by Crippen LogP contribution is -2.28. The fraction of sp³-hybridized carbons (Fsp3) is 0.571. The minimum Gasteiger partial charge on any atom is -0.429 e. The molecule has 1 amide bonds. The van der Waals surface area contributed by atoms with E-state index >= 15 is 0 Å². The number of hydrogen-bond donors (Lipinski definition) is 1. The fourth-order valence-electron chi connectivity index (χ4n) is 0.490. The van der Waals surface area contributed by atoms with Crippen LogP contribution in [0.4, 0.5) is 0 Å². The van der Waals surface area contributed by atoms with Crippen LogP contribution in [-0.4, -0.2) is 30.9 Å². The molecule has 0 bridgehead atoms. The van der Waals surface area contributed by atoms with Gasteiger partial charge in [-0.25, -0.2) is 0 Å². The minimum absolute atomic E-state index is 0.0272. The lowest BCUT2D eigenvalue weighted by molar-refractivity contribution is -0.131. The molecule has 0 unspecified atom stereocenters. The number of allylic oxidation sites excluding steroid dienone is 1. The summed E-state index contributed by atoms with van der Waals surface area (Å²) in [6, 6.07) is 0. The third-order valence-corrected chi connectivity index (χ3v) is 0.955. The van der Waals surface area contributed by atoms with Crippen LogP contribution in [-0.2, 0) is 4.79 Å². The van der Waals surface area contributed by atoms with Crippen molar-refractivity contribution >= 4 is 5.91 Å². The highest BCUT2D eigenvalue weighted by atomic mass is 16.5. The Bertz CT molecular complexity index is 121. The zero-order valence-electron chi connectivity index (χ0n) is 6.42. The summed E-state index contributed by atoms with van der Waals surface area (Å²) in [5.41, 5.74) is 0. The summed E-state index contributed by atoms with van der Waals surface area (Å²) < 4.78 is 3.68. The van der Waals surface area contributed by atoms with E-state index in [0.717, 1.165) is 0 Å². The van der Waals surface area contributed by atoms with Crippen molar-refractivity contribution in [3.05, 3.63) is 12.2 Å². The van der Waals surface area contributed by atoms with E-state index in [9.17, 15) is 4.79 Å². The van der Waals surface area contributed by atoms with Gasteiger partial charge < -0.3 is 10.1 Å². The molecule has 10 heavy (non-hydrogen) atoms. The maximum Gasteiger partial charge on any atom is 0.296 e. The molecule has 3 nitrogen and oxygen atoms in total. The van der Waals surface area contributed by atoms with Gasteiger partial charge in [0, 0.05) is 6.54 Å². The lowest BCUT2D eigenvalue weighted by atomic mass is 10.5. The summed E-state index contributed by atoms with van der Waals surface area (Å²) in [6.07, 6.45) is 3.77. The van der Waals surface area contributed by atoms with Crippen LogP contribution in [0, 0.1) is 0 Å². The van der Waals surface area contributed by atoms with E-state index < -0.39 is 0 Å². The maximum atomic E-state index is 10.7. The average Bonchev–Trinajstić information content (AvgIpc) is 1.89. The summed E-state index contributed by atoms with van der Waals surface area (Å²) in [6.45, 7) is 2.78. The molecule has 0 radical (unpaired) electrons. The molecule has 0 heterocycles. The molecule has 3 heteroatoms. The largest absolute Gasteiger partial charge is 0.429 e. The first-order valence-electron chi connectivity index (χ1n) is 3.24. The zero-order valence-corrected chi connectivity index (χ0v) is 6.42. The van der Waals surface area contributed by atoms with Crippen LogP contribution in [0.3, 0.4) is 0 Å². The van der Waals surface area contributed by atoms with Crippen molar-refractivity contribution < 1.29 is 9.53 Å². The number of carbonyl (C=O) groups excluding carboxylic acids is 1. The lowest BCUT2D eigenvalue weighted by Gasteiger charge is -1.96. The van der Waals surface area contributed by atoms with Crippen LogP contribution < -0.4 is 5.32 Å². The van der Waals surface area contributed by atoms with Crippen molar-refractivity contribution in [2.75, 3.05) is 20.3 Å². The molecule has 0 rings (SSSR count). The average molecular weight is 144 g/mol. The molecule has 2 N–H and O–H groups in total. The van der Waals surface area contributed by atoms with Gasteiger partial charge in [-0.2, -0.15) is 0 Å². The standard InChI is InChI=1S/C7H13NO2/c1-3-4-5-8-7(9)6-10-2/h3-4H,5-6H2,1-2H3,(H,8,9)/p+1/b4-3+. The number of hydrogen-bond acceptors (Lipinski definition) is 1. The van der Waals surface area contributed by atoms with Crippen LogP contribution >= 0.6 is 0 Å². The molecule has 0 aromatic rings. The summed E-state index contributed by atoms with van der Waals surface area (Å²) >= 11 is 0. The predicted molar refractivity (Wildman–Crippen MR) is 40.8 cm³/mol. The highest BCUT2D eigenvalue weighted by molar-refractivity contribution is 5.77. The molecular weight excluding hydrogens is 130 g/mol. The van der Waals surface area contributed by atoms with Gasteiger partial charge >= 0.3 is 0 Å². The quantitative estimate of drug-likeness (QED) is 0.432. The predicted octanol–water partition coefficient (Wildman–Crippen LogP) is -0.163. The van der Waals surface area contributed by atoms with Crippen molar-refractivity contribution in [3.63, 3.8) is 0 Å². The Labute approximate surface area is 61.1 Å². The Morgan fingerprint density at radius 2 is 2.40 bits per heavy atom. The Kier molecular flexibility index (Phi) is 5.77. The third-order valence-electron chi connectivity index (χ3n) is 0.955. The van der Waals surface area contributed by atoms with Crippen molar-refractivity contribution in [2.24, 2.45) is 0 Å². The smallest absolute Gasteiger partial charge is 0.296 e. The first-order valence-corrected chi connectivity index (χ1v) is 3.24. The Morgan fingerprint density at radius 3 is 2.90 bits per heavy atom. The SMILES string of the molecule is C/C=C/CNC(=O)C[OH+]C. The molecule has 0 aliphatic rings. The van der Waals surface area contributed by atoms with Gasteiger partial charge in [-0.15, -0.1) is 0 Å². The van der Waals surface area contributed by atoms with Gasteiger partial charge in [0.1, 0.15) is 7.11 Å². The van der Waals surface area contributed by atoms with E-state index in [0.29, 0.717) is 6.54 Å². The highest BCUT2D eigenvalue weighted by Crippen LogP contribution is 1.69. The number of ether oxygens (including phenoxy) is 1. The highest BCUT2D eigenvalue weighted by Gasteiger charge is 1.98. The summed E-state index contributed by atoms with van der Waals surface area (Å²) in [4.78, 5) is 10.7. The van der Waals surface area contributed by atoms with Gasteiger partial charge in [-0.3, -0.25) is 4.79 Å². The molecule has 0 aliphatic heterocycles. The molecule has 0 spiro atoms. The van der Waals surface area contributed by atoms with Crippen LogP contribution in [0.2, 0.25) is 0 Å². The topological polar surface area (TPSA) is 41.9 Å². The minimum atomic E-state index is -0.0272. The Balaban J connectivity index is 3.21. The van der Waals surface area contributed by atoms with Crippen LogP contribution in [0.5, 0.6) is 0 Å². The first kappa shape index (κ1) is 9.17. The summed E-state index contributed by atoms with van der Waals surface area (Å²) in [7, 11) is 1.62. The van der Waals surface area contributed by atoms with Crippen LogP contribution in [0.25, 0.3) is 0 Å². The number of carbonyl (C=O) groups is 1. The molecular formula is C7H14NO2+.